The lowest BCUT2D eigenvalue weighted by atomic mass is 10.3. The van der Waals surface area contributed by atoms with E-state index in [2.05, 4.69) is 18.8 Å². The molecule has 0 bridgehead atoms. The molecule has 0 aliphatic heterocycles. The fraction of sp³-hybridized carbons (Fsp3) is 0.500. The minimum absolute atomic E-state index is 0.301. The Bertz CT molecular complexity index is 328. The van der Waals surface area contributed by atoms with E-state index < -0.39 is 0 Å². The summed E-state index contributed by atoms with van der Waals surface area (Å²) in [5, 5.41) is 1.10. The average Bonchev–Trinajstić information content (AvgIpc) is 2.15. The Balaban J connectivity index is 3.00. The molecular formula is C10H13Cl3N2. The standard InChI is InChI=1S/C10H13Cl3N2/c1-7(2)15(4-3-11)10-9(13)5-8(12)6-14-10/h5-7H,3-4H2,1-2H3. The van der Waals surface area contributed by atoms with Gasteiger partial charge in [-0.3, -0.25) is 0 Å². The van der Waals surface area contributed by atoms with Crippen LogP contribution in [0.2, 0.25) is 10.0 Å². The van der Waals surface area contributed by atoms with E-state index in [0.717, 1.165) is 5.82 Å². The second-order valence-corrected chi connectivity index (χ2v) is 4.66. The van der Waals surface area contributed by atoms with Crippen molar-refractivity contribution in [1.29, 1.82) is 0 Å². The molecule has 0 atom stereocenters. The molecule has 0 N–H and O–H groups in total. The summed E-state index contributed by atoms with van der Waals surface area (Å²) in [4.78, 5) is 6.27. The number of alkyl halides is 1. The number of halogens is 3. The molecule has 0 unspecified atom stereocenters. The Kier molecular flexibility index (Phi) is 4.97. The lowest BCUT2D eigenvalue weighted by Crippen LogP contribution is -2.33. The monoisotopic (exact) mass is 266 g/mol. The number of aromatic nitrogens is 1. The molecule has 0 radical (unpaired) electrons. The summed E-state index contributed by atoms with van der Waals surface area (Å²) in [5.74, 6) is 1.27. The first-order valence-corrected chi connectivity index (χ1v) is 5.99. The summed E-state index contributed by atoms with van der Waals surface area (Å²) in [6.45, 7) is 4.85. The lowest BCUT2D eigenvalue weighted by molar-refractivity contribution is 0.695. The number of rotatable bonds is 4. The Morgan fingerprint density at radius 3 is 2.53 bits per heavy atom. The number of hydrogen-bond acceptors (Lipinski definition) is 2. The van der Waals surface area contributed by atoms with Gasteiger partial charge >= 0.3 is 0 Å². The maximum atomic E-state index is 6.07. The zero-order valence-electron chi connectivity index (χ0n) is 8.67. The molecule has 1 rings (SSSR count). The number of hydrogen-bond donors (Lipinski definition) is 0. The van der Waals surface area contributed by atoms with E-state index in [9.17, 15) is 0 Å². The van der Waals surface area contributed by atoms with E-state index in [-0.39, 0.29) is 0 Å². The summed E-state index contributed by atoms with van der Waals surface area (Å²) >= 11 is 17.6. The van der Waals surface area contributed by atoms with Crippen molar-refractivity contribution in [2.75, 3.05) is 17.3 Å². The Labute approximate surface area is 105 Å². The second-order valence-electron chi connectivity index (χ2n) is 3.44. The summed E-state index contributed by atoms with van der Waals surface area (Å²) in [6.07, 6.45) is 1.59. The van der Waals surface area contributed by atoms with Gasteiger partial charge in [-0.05, 0) is 19.9 Å². The molecule has 5 heteroatoms. The van der Waals surface area contributed by atoms with Crippen molar-refractivity contribution in [3.8, 4) is 0 Å². The molecule has 0 spiro atoms. The third-order valence-electron chi connectivity index (χ3n) is 2.01. The van der Waals surface area contributed by atoms with Crippen molar-refractivity contribution >= 4 is 40.6 Å². The van der Waals surface area contributed by atoms with Crippen LogP contribution in [0.5, 0.6) is 0 Å². The van der Waals surface area contributed by atoms with Crippen LogP contribution >= 0.6 is 34.8 Å². The van der Waals surface area contributed by atoms with Crippen molar-refractivity contribution in [2.45, 2.75) is 19.9 Å². The molecule has 1 aromatic heterocycles. The number of anilines is 1. The normalized spacial score (nSPS) is 10.8. The summed E-state index contributed by atoms with van der Waals surface area (Å²) in [5.41, 5.74) is 0. The van der Waals surface area contributed by atoms with Crippen LogP contribution in [0.3, 0.4) is 0 Å². The molecule has 0 aromatic carbocycles. The molecule has 84 valence electrons. The van der Waals surface area contributed by atoms with Gasteiger partial charge in [-0.25, -0.2) is 4.98 Å². The minimum atomic E-state index is 0.301. The van der Waals surface area contributed by atoms with Crippen LogP contribution < -0.4 is 4.90 Å². The molecule has 0 fully saturated rings. The third kappa shape index (κ3) is 3.40. The Hall–Kier alpha value is -0.180. The summed E-state index contributed by atoms with van der Waals surface area (Å²) in [6, 6.07) is 1.99. The van der Waals surface area contributed by atoms with Gasteiger partial charge in [0.25, 0.3) is 0 Å². The topological polar surface area (TPSA) is 16.1 Å². The van der Waals surface area contributed by atoms with Crippen LogP contribution in [0.25, 0.3) is 0 Å². The average molecular weight is 268 g/mol. The predicted octanol–water partition coefficient (Wildman–Crippen LogP) is 3.84. The van der Waals surface area contributed by atoms with E-state index >= 15 is 0 Å². The van der Waals surface area contributed by atoms with Crippen LogP contribution in [0.4, 0.5) is 5.82 Å². The third-order valence-corrected chi connectivity index (χ3v) is 2.66. The van der Waals surface area contributed by atoms with Crippen LogP contribution in [-0.2, 0) is 0 Å². The SMILES string of the molecule is CC(C)N(CCCl)c1ncc(Cl)cc1Cl. The van der Waals surface area contributed by atoms with Gasteiger partial charge in [0, 0.05) is 24.7 Å². The molecule has 0 amide bonds. The smallest absolute Gasteiger partial charge is 0.147 e. The number of pyridine rings is 1. The number of nitrogens with zero attached hydrogens (tertiary/aromatic N) is 2. The maximum absolute atomic E-state index is 6.07. The Morgan fingerprint density at radius 2 is 2.07 bits per heavy atom. The molecular weight excluding hydrogens is 254 g/mol. The van der Waals surface area contributed by atoms with Gasteiger partial charge < -0.3 is 4.90 Å². The van der Waals surface area contributed by atoms with E-state index in [0.29, 0.717) is 28.5 Å². The predicted molar refractivity (Wildman–Crippen MR) is 67.5 cm³/mol. The van der Waals surface area contributed by atoms with Crippen molar-refractivity contribution in [3.05, 3.63) is 22.3 Å². The molecule has 1 heterocycles. The van der Waals surface area contributed by atoms with E-state index in [1.54, 1.807) is 12.3 Å². The van der Waals surface area contributed by atoms with Crippen molar-refractivity contribution in [3.63, 3.8) is 0 Å². The summed E-state index contributed by atoms with van der Waals surface area (Å²) in [7, 11) is 0. The second kappa shape index (κ2) is 5.78. The minimum Gasteiger partial charge on any atom is -0.352 e. The quantitative estimate of drug-likeness (QED) is 0.771. The van der Waals surface area contributed by atoms with Crippen LogP contribution in [-0.4, -0.2) is 23.5 Å². The van der Waals surface area contributed by atoms with Gasteiger partial charge in [0.15, 0.2) is 0 Å². The van der Waals surface area contributed by atoms with Gasteiger partial charge in [0.05, 0.1) is 10.0 Å². The van der Waals surface area contributed by atoms with Gasteiger partial charge in [-0.2, -0.15) is 0 Å². The lowest BCUT2D eigenvalue weighted by Gasteiger charge is -2.27. The van der Waals surface area contributed by atoms with E-state index in [1.807, 2.05) is 4.90 Å². The first kappa shape index (κ1) is 12.9. The highest BCUT2D eigenvalue weighted by molar-refractivity contribution is 6.36. The molecule has 2 nitrogen and oxygen atoms in total. The molecule has 0 aliphatic carbocycles. The maximum Gasteiger partial charge on any atom is 0.147 e. The highest BCUT2D eigenvalue weighted by Crippen LogP contribution is 2.27. The largest absolute Gasteiger partial charge is 0.352 e. The molecule has 0 aliphatic rings. The molecule has 0 saturated heterocycles. The fourth-order valence-corrected chi connectivity index (χ4v) is 1.99. The first-order valence-electron chi connectivity index (χ1n) is 4.70. The fourth-order valence-electron chi connectivity index (χ4n) is 1.32. The van der Waals surface area contributed by atoms with Gasteiger partial charge in [-0.1, -0.05) is 23.2 Å². The van der Waals surface area contributed by atoms with Crippen molar-refractivity contribution in [2.24, 2.45) is 0 Å². The molecule has 15 heavy (non-hydrogen) atoms. The summed E-state index contributed by atoms with van der Waals surface area (Å²) < 4.78 is 0. The van der Waals surface area contributed by atoms with Crippen molar-refractivity contribution < 1.29 is 0 Å². The van der Waals surface area contributed by atoms with E-state index in [4.69, 9.17) is 34.8 Å². The highest BCUT2D eigenvalue weighted by atomic mass is 35.5. The highest BCUT2D eigenvalue weighted by Gasteiger charge is 2.14. The molecule has 0 saturated carbocycles. The molecule has 1 aromatic rings. The van der Waals surface area contributed by atoms with Gasteiger partial charge in [0.1, 0.15) is 5.82 Å². The van der Waals surface area contributed by atoms with Gasteiger partial charge in [0.2, 0.25) is 0 Å². The van der Waals surface area contributed by atoms with Gasteiger partial charge in [-0.15, -0.1) is 11.6 Å². The first-order chi connectivity index (χ1) is 7.06. The van der Waals surface area contributed by atoms with Crippen LogP contribution in [0.15, 0.2) is 12.3 Å². The van der Waals surface area contributed by atoms with Crippen LogP contribution in [0, 0.1) is 0 Å². The Morgan fingerprint density at radius 1 is 1.40 bits per heavy atom. The van der Waals surface area contributed by atoms with E-state index in [1.165, 1.54) is 0 Å². The zero-order chi connectivity index (χ0) is 11.4. The van der Waals surface area contributed by atoms with Crippen molar-refractivity contribution in [1.82, 2.24) is 4.98 Å². The van der Waals surface area contributed by atoms with Crippen LogP contribution in [0.1, 0.15) is 13.8 Å². The zero-order valence-corrected chi connectivity index (χ0v) is 10.9.